The van der Waals surface area contributed by atoms with E-state index in [0.29, 0.717) is 18.9 Å². The molecule has 1 heterocycles. The van der Waals surface area contributed by atoms with E-state index in [1.54, 1.807) is 12.4 Å². The molecule has 0 unspecified atom stereocenters. The van der Waals surface area contributed by atoms with Crippen molar-refractivity contribution < 1.29 is 9.90 Å². The van der Waals surface area contributed by atoms with Crippen LogP contribution in [0.1, 0.15) is 12.8 Å². The van der Waals surface area contributed by atoms with E-state index in [9.17, 15) is 4.79 Å². The van der Waals surface area contributed by atoms with Crippen LogP contribution >= 0.6 is 0 Å². The number of aliphatic carboxylic acids is 1. The van der Waals surface area contributed by atoms with Crippen molar-refractivity contribution in [2.75, 3.05) is 11.9 Å². The van der Waals surface area contributed by atoms with E-state index in [4.69, 9.17) is 5.11 Å². The van der Waals surface area contributed by atoms with Crippen LogP contribution in [0.15, 0.2) is 12.4 Å². The quantitative estimate of drug-likeness (QED) is 0.566. The Morgan fingerprint density at radius 1 is 1.75 bits per heavy atom. The van der Waals surface area contributed by atoms with Crippen LogP contribution in [0.2, 0.25) is 0 Å². The van der Waals surface area contributed by atoms with Gasteiger partial charge in [-0.15, -0.1) is 0 Å². The molecule has 66 valence electrons. The number of aromatic amines is 1. The summed E-state index contributed by atoms with van der Waals surface area (Å²) < 4.78 is 0. The largest absolute Gasteiger partial charge is 0.481 e. The van der Waals surface area contributed by atoms with E-state index in [2.05, 4.69) is 15.3 Å². The molecule has 0 saturated heterocycles. The third-order valence-corrected chi connectivity index (χ3v) is 1.36. The second-order valence-corrected chi connectivity index (χ2v) is 2.36. The highest BCUT2D eigenvalue weighted by atomic mass is 16.4. The average Bonchev–Trinajstić information content (AvgIpc) is 2.49. The van der Waals surface area contributed by atoms with Crippen LogP contribution < -0.4 is 5.32 Å². The summed E-state index contributed by atoms with van der Waals surface area (Å²) >= 11 is 0. The Kier molecular flexibility index (Phi) is 3.13. The van der Waals surface area contributed by atoms with E-state index >= 15 is 0 Å². The first-order valence-corrected chi connectivity index (χ1v) is 3.74. The normalized spacial score (nSPS) is 9.67. The minimum absolute atomic E-state index is 0.188. The highest BCUT2D eigenvalue weighted by molar-refractivity contribution is 5.66. The standard InChI is InChI=1S/C7H11N3O2/c11-6(12)2-1-3-8-7-9-4-5-10-7/h4-5H,1-3H2,(H,11,12)(H2,8,9,10). The van der Waals surface area contributed by atoms with Crippen molar-refractivity contribution in [3.05, 3.63) is 12.4 Å². The number of nitrogens with one attached hydrogen (secondary N) is 2. The number of hydrogen-bond donors (Lipinski definition) is 3. The third-order valence-electron chi connectivity index (χ3n) is 1.36. The lowest BCUT2D eigenvalue weighted by atomic mass is 10.3. The molecular formula is C7H11N3O2. The molecule has 0 aliphatic carbocycles. The molecule has 5 heteroatoms. The molecule has 0 aromatic carbocycles. The van der Waals surface area contributed by atoms with Crippen LogP contribution in [-0.4, -0.2) is 27.6 Å². The van der Waals surface area contributed by atoms with Crippen LogP contribution in [0.3, 0.4) is 0 Å². The van der Waals surface area contributed by atoms with Crippen LogP contribution in [0, 0.1) is 0 Å². The molecule has 5 nitrogen and oxygen atoms in total. The van der Waals surface area contributed by atoms with Gasteiger partial charge in [-0.2, -0.15) is 0 Å². The van der Waals surface area contributed by atoms with Gasteiger partial charge in [-0.25, -0.2) is 4.98 Å². The molecule has 0 saturated carbocycles. The number of anilines is 1. The summed E-state index contributed by atoms with van der Waals surface area (Å²) in [5.74, 6) is -0.0865. The van der Waals surface area contributed by atoms with Gasteiger partial charge >= 0.3 is 5.97 Å². The summed E-state index contributed by atoms with van der Waals surface area (Å²) in [5.41, 5.74) is 0. The van der Waals surface area contributed by atoms with Gasteiger partial charge in [0.05, 0.1) is 0 Å². The lowest BCUT2D eigenvalue weighted by Gasteiger charge is -1.99. The molecule has 12 heavy (non-hydrogen) atoms. The maximum Gasteiger partial charge on any atom is 0.303 e. The molecular weight excluding hydrogens is 158 g/mol. The predicted molar refractivity (Wildman–Crippen MR) is 43.9 cm³/mol. The minimum Gasteiger partial charge on any atom is -0.481 e. The molecule has 0 aliphatic rings. The van der Waals surface area contributed by atoms with Crippen LogP contribution in [0.5, 0.6) is 0 Å². The number of imidazole rings is 1. The molecule has 0 amide bonds. The molecule has 0 bridgehead atoms. The summed E-state index contributed by atoms with van der Waals surface area (Å²) in [4.78, 5) is 16.9. The van der Waals surface area contributed by atoms with Gasteiger partial charge in [0.1, 0.15) is 0 Å². The van der Waals surface area contributed by atoms with Crippen LogP contribution in [0.4, 0.5) is 5.95 Å². The zero-order valence-electron chi connectivity index (χ0n) is 6.58. The van der Waals surface area contributed by atoms with Crippen LogP contribution in [0.25, 0.3) is 0 Å². The number of H-pyrrole nitrogens is 1. The molecule has 0 aliphatic heterocycles. The molecule has 0 fully saturated rings. The lowest BCUT2D eigenvalue weighted by Crippen LogP contribution is -2.05. The number of nitrogens with zero attached hydrogens (tertiary/aromatic N) is 1. The fourth-order valence-electron chi connectivity index (χ4n) is 0.808. The van der Waals surface area contributed by atoms with E-state index in [1.807, 2.05) is 0 Å². The Morgan fingerprint density at radius 3 is 3.17 bits per heavy atom. The molecule has 3 N–H and O–H groups in total. The van der Waals surface area contributed by atoms with Gasteiger partial charge in [0.15, 0.2) is 5.95 Å². The maximum absolute atomic E-state index is 10.1. The summed E-state index contributed by atoms with van der Waals surface area (Å²) in [6.45, 7) is 0.625. The molecule has 1 aromatic heterocycles. The molecule has 0 atom stereocenters. The van der Waals surface area contributed by atoms with Gasteiger partial charge in [0, 0.05) is 25.4 Å². The monoisotopic (exact) mass is 169 g/mol. The second-order valence-electron chi connectivity index (χ2n) is 2.36. The van der Waals surface area contributed by atoms with Gasteiger partial charge in [-0.1, -0.05) is 0 Å². The minimum atomic E-state index is -0.767. The van der Waals surface area contributed by atoms with E-state index in [-0.39, 0.29) is 6.42 Å². The number of rotatable bonds is 5. The van der Waals surface area contributed by atoms with Crippen molar-refractivity contribution in [3.8, 4) is 0 Å². The second kappa shape index (κ2) is 4.38. The zero-order chi connectivity index (χ0) is 8.81. The van der Waals surface area contributed by atoms with Gasteiger partial charge in [0.2, 0.25) is 0 Å². The molecule has 1 rings (SSSR count). The highest BCUT2D eigenvalue weighted by Crippen LogP contribution is 1.96. The SMILES string of the molecule is O=C(O)CCCNc1ncc[nH]1. The van der Waals surface area contributed by atoms with Crippen molar-refractivity contribution in [2.45, 2.75) is 12.8 Å². The fraction of sp³-hybridized carbons (Fsp3) is 0.429. The summed E-state index contributed by atoms with van der Waals surface area (Å²) in [5, 5.41) is 11.3. The molecule has 0 radical (unpaired) electrons. The Balaban J connectivity index is 2.07. The number of carbonyl (C=O) groups is 1. The molecule has 1 aromatic rings. The van der Waals surface area contributed by atoms with Gasteiger partial charge in [-0.3, -0.25) is 4.79 Å². The Bertz CT molecular complexity index is 233. The Hall–Kier alpha value is -1.52. The van der Waals surface area contributed by atoms with Crippen molar-refractivity contribution >= 4 is 11.9 Å². The van der Waals surface area contributed by atoms with Crippen molar-refractivity contribution in [2.24, 2.45) is 0 Å². The summed E-state index contributed by atoms with van der Waals surface area (Å²) in [6, 6.07) is 0. The first kappa shape index (κ1) is 8.58. The first-order valence-electron chi connectivity index (χ1n) is 3.74. The van der Waals surface area contributed by atoms with Crippen LogP contribution in [-0.2, 0) is 4.79 Å². The predicted octanol–water partition coefficient (Wildman–Crippen LogP) is 0.686. The number of carboxylic acids is 1. The van der Waals surface area contributed by atoms with Crippen molar-refractivity contribution in [1.29, 1.82) is 0 Å². The molecule has 0 spiro atoms. The number of carboxylic acid groups (broad SMARTS) is 1. The summed E-state index contributed by atoms with van der Waals surface area (Å²) in [7, 11) is 0. The zero-order valence-corrected chi connectivity index (χ0v) is 6.58. The van der Waals surface area contributed by atoms with Gasteiger partial charge in [-0.05, 0) is 6.42 Å². The van der Waals surface area contributed by atoms with Gasteiger partial charge in [0.25, 0.3) is 0 Å². The Labute approximate surface area is 69.8 Å². The number of aromatic nitrogens is 2. The third kappa shape index (κ3) is 3.05. The fourth-order valence-corrected chi connectivity index (χ4v) is 0.808. The average molecular weight is 169 g/mol. The van der Waals surface area contributed by atoms with E-state index in [1.165, 1.54) is 0 Å². The topological polar surface area (TPSA) is 78.0 Å². The van der Waals surface area contributed by atoms with E-state index in [0.717, 1.165) is 0 Å². The highest BCUT2D eigenvalue weighted by Gasteiger charge is 1.96. The first-order chi connectivity index (χ1) is 5.79. The van der Waals surface area contributed by atoms with Gasteiger partial charge < -0.3 is 15.4 Å². The van der Waals surface area contributed by atoms with E-state index < -0.39 is 5.97 Å². The van der Waals surface area contributed by atoms with Crippen molar-refractivity contribution in [3.63, 3.8) is 0 Å². The summed E-state index contributed by atoms with van der Waals surface area (Å²) in [6.07, 6.45) is 4.14. The Morgan fingerprint density at radius 2 is 2.58 bits per heavy atom. The smallest absolute Gasteiger partial charge is 0.303 e. The lowest BCUT2D eigenvalue weighted by molar-refractivity contribution is -0.137. The van der Waals surface area contributed by atoms with Crippen molar-refractivity contribution in [1.82, 2.24) is 9.97 Å². The maximum atomic E-state index is 10.1. The number of hydrogen-bond acceptors (Lipinski definition) is 3.